The Labute approximate surface area is 273 Å². The lowest BCUT2D eigenvalue weighted by Crippen LogP contribution is -2.54. The SMILES string of the molecule is C=CCc1cccc([C@H]2C3=CC[C@@H]4C(=O)N(c5ccc(C(=O)c6ccccc6)cc5)C(=O)[C@@H]4[C@@H]3C[C@H]3C(=O)C=C(C)C(=O)[C@@]23C)c1O. The molecule has 1 heterocycles. The molecular formula is C40H35NO6. The summed E-state index contributed by atoms with van der Waals surface area (Å²) in [6, 6.07) is 20.8. The van der Waals surface area contributed by atoms with Gasteiger partial charge in [-0.2, -0.15) is 0 Å². The Morgan fingerprint density at radius 2 is 1.64 bits per heavy atom. The quantitative estimate of drug-likeness (QED) is 0.195. The zero-order valence-electron chi connectivity index (χ0n) is 26.3. The molecule has 4 aliphatic rings. The van der Waals surface area contributed by atoms with Crippen molar-refractivity contribution in [3.8, 4) is 5.75 Å². The molecule has 1 N–H and O–H groups in total. The summed E-state index contributed by atoms with van der Waals surface area (Å²) in [4.78, 5) is 70.2. The van der Waals surface area contributed by atoms with E-state index in [-0.39, 0.29) is 41.3 Å². The highest BCUT2D eigenvalue weighted by Crippen LogP contribution is 2.63. The van der Waals surface area contributed by atoms with E-state index in [1.54, 1.807) is 73.7 Å². The van der Waals surface area contributed by atoms with E-state index in [0.29, 0.717) is 46.4 Å². The number of phenolic OH excluding ortho intramolecular Hbond substituents is 1. The van der Waals surface area contributed by atoms with Gasteiger partial charge in [0, 0.05) is 28.5 Å². The number of rotatable bonds is 6. The van der Waals surface area contributed by atoms with Gasteiger partial charge in [0.25, 0.3) is 0 Å². The number of para-hydroxylation sites is 1. The second-order valence-electron chi connectivity index (χ2n) is 13.3. The first-order valence-corrected chi connectivity index (χ1v) is 16.0. The fraction of sp³-hybridized carbons (Fsp3) is 0.275. The maximum absolute atomic E-state index is 14.3. The maximum Gasteiger partial charge on any atom is 0.238 e. The number of carbonyl (C=O) groups excluding carboxylic acids is 5. The third kappa shape index (κ3) is 4.51. The predicted molar refractivity (Wildman–Crippen MR) is 177 cm³/mol. The zero-order chi connectivity index (χ0) is 33.2. The third-order valence-electron chi connectivity index (χ3n) is 10.9. The number of hydrogen-bond acceptors (Lipinski definition) is 6. The normalized spacial score (nSPS) is 28.2. The first-order valence-electron chi connectivity index (χ1n) is 16.0. The number of fused-ring (bicyclic) bond motifs is 4. The van der Waals surface area contributed by atoms with Crippen LogP contribution < -0.4 is 4.90 Å². The number of anilines is 1. The van der Waals surface area contributed by atoms with Crippen molar-refractivity contribution >= 4 is 34.9 Å². The first-order chi connectivity index (χ1) is 22.6. The summed E-state index contributed by atoms with van der Waals surface area (Å²) in [6.45, 7) is 7.27. The maximum atomic E-state index is 14.3. The minimum absolute atomic E-state index is 0.0501. The van der Waals surface area contributed by atoms with Gasteiger partial charge in [0.05, 0.1) is 22.9 Å². The van der Waals surface area contributed by atoms with E-state index in [2.05, 4.69) is 6.58 Å². The average Bonchev–Trinajstić information content (AvgIpc) is 3.33. The van der Waals surface area contributed by atoms with Crippen LogP contribution in [0.2, 0.25) is 0 Å². The highest BCUT2D eigenvalue weighted by atomic mass is 16.3. The van der Waals surface area contributed by atoms with Gasteiger partial charge in [-0.1, -0.05) is 73.2 Å². The summed E-state index contributed by atoms with van der Waals surface area (Å²) in [7, 11) is 0. The van der Waals surface area contributed by atoms with Crippen molar-refractivity contribution < 1.29 is 29.1 Å². The molecule has 3 aromatic rings. The van der Waals surface area contributed by atoms with Crippen molar-refractivity contribution in [2.75, 3.05) is 4.90 Å². The standard InChI is InChI=1S/C40H35NO6/c1-4-9-23-12-8-13-29(36(23)44)34-27-18-19-28-33(30(27)21-31-32(42)20-22(2)37(45)40(31,34)3)39(47)41(38(28)46)26-16-14-25(15-17-26)35(43)24-10-6-5-7-11-24/h4-8,10-18,20,28,30-31,33-34,44H,1,9,19,21H2,2-3H3/t28-,30+,31-,33-,34+,40+/m0/s1. The van der Waals surface area contributed by atoms with Crippen molar-refractivity contribution in [3.05, 3.63) is 131 Å². The second-order valence-corrected chi connectivity index (χ2v) is 13.3. The number of ketones is 3. The van der Waals surface area contributed by atoms with Gasteiger partial charge in [-0.05, 0) is 73.6 Å². The molecule has 47 heavy (non-hydrogen) atoms. The molecule has 3 aromatic carbocycles. The molecule has 1 aliphatic heterocycles. The number of nitrogens with zero attached hydrogens (tertiary/aromatic N) is 1. The molecule has 0 aromatic heterocycles. The minimum atomic E-state index is -1.18. The van der Waals surface area contributed by atoms with Crippen molar-refractivity contribution in [1.82, 2.24) is 0 Å². The lowest BCUT2D eigenvalue weighted by atomic mass is 9.47. The fourth-order valence-corrected chi connectivity index (χ4v) is 8.68. The Bertz CT molecular complexity index is 1940. The van der Waals surface area contributed by atoms with E-state index in [9.17, 15) is 29.1 Å². The van der Waals surface area contributed by atoms with Crippen molar-refractivity contribution in [1.29, 1.82) is 0 Å². The summed E-state index contributed by atoms with van der Waals surface area (Å²) < 4.78 is 0. The number of hydrogen-bond donors (Lipinski definition) is 1. The average molecular weight is 626 g/mol. The largest absolute Gasteiger partial charge is 0.507 e. The summed E-state index contributed by atoms with van der Waals surface area (Å²) in [5, 5.41) is 11.6. The molecule has 2 fully saturated rings. The number of carbonyl (C=O) groups is 5. The summed E-state index contributed by atoms with van der Waals surface area (Å²) >= 11 is 0. The van der Waals surface area contributed by atoms with Crippen LogP contribution in [0.4, 0.5) is 5.69 Å². The number of aromatic hydroxyl groups is 1. The molecule has 7 nitrogen and oxygen atoms in total. The molecule has 0 bridgehead atoms. The van der Waals surface area contributed by atoms with Crippen LogP contribution >= 0.6 is 0 Å². The Balaban J connectivity index is 1.28. The molecule has 0 spiro atoms. The van der Waals surface area contributed by atoms with E-state index in [0.717, 1.165) is 5.57 Å². The Kier molecular flexibility index (Phi) is 7.31. The molecular weight excluding hydrogens is 590 g/mol. The van der Waals surface area contributed by atoms with Crippen LogP contribution in [-0.4, -0.2) is 34.3 Å². The zero-order valence-corrected chi connectivity index (χ0v) is 26.3. The van der Waals surface area contributed by atoms with E-state index in [1.165, 1.54) is 11.0 Å². The van der Waals surface area contributed by atoms with Crippen LogP contribution in [-0.2, 0) is 25.6 Å². The Morgan fingerprint density at radius 3 is 2.34 bits per heavy atom. The molecule has 236 valence electrons. The Hall–Kier alpha value is -5.17. The fourth-order valence-electron chi connectivity index (χ4n) is 8.68. The molecule has 0 unspecified atom stereocenters. The lowest BCUT2D eigenvalue weighted by Gasteiger charge is -2.53. The van der Waals surface area contributed by atoms with E-state index in [4.69, 9.17) is 0 Å². The van der Waals surface area contributed by atoms with E-state index >= 15 is 0 Å². The van der Waals surface area contributed by atoms with Crippen LogP contribution in [0.1, 0.15) is 59.7 Å². The van der Waals surface area contributed by atoms with Gasteiger partial charge in [0.2, 0.25) is 11.8 Å². The van der Waals surface area contributed by atoms with Gasteiger partial charge in [-0.3, -0.25) is 28.9 Å². The number of allylic oxidation sites excluding steroid dienone is 5. The minimum Gasteiger partial charge on any atom is -0.507 e. The highest BCUT2D eigenvalue weighted by molar-refractivity contribution is 6.23. The van der Waals surface area contributed by atoms with Crippen molar-refractivity contribution in [2.24, 2.45) is 29.1 Å². The summed E-state index contributed by atoms with van der Waals surface area (Å²) in [5.74, 6) is -4.35. The first kappa shape index (κ1) is 30.5. The van der Waals surface area contributed by atoms with Gasteiger partial charge in [0.15, 0.2) is 17.3 Å². The van der Waals surface area contributed by atoms with Gasteiger partial charge in [-0.15, -0.1) is 6.58 Å². The second kappa shape index (κ2) is 11.3. The number of benzene rings is 3. The smallest absolute Gasteiger partial charge is 0.238 e. The van der Waals surface area contributed by atoms with Crippen LogP contribution in [0.3, 0.4) is 0 Å². The van der Waals surface area contributed by atoms with Gasteiger partial charge in [-0.25, -0.2) is 0 Å². The third-order valence-corrected chi connectivity index (χ3v) is 10.9. The van der Waals surface area contributed by atoms with Crippen LogP contribution in [0.25, 0.3) is 0 Å². The van der Waals surface area contributed by atoms with Crippen LogP contribution in [0.15, 0.2) is 109 Å². The molecule has 1 saturated heterocycles. The van der Waals surface area contributed by atoms with Gasteiger partial charge < -0.3 is 5.11 Å². The number of imide groups is 1. The van der Waals surface area contributed by atoms with Crippen molar-refractivity contribution in [2.45, 2.75) is 39.0 Å². The van der Waals surface area contributed by atoms with Crippen molar-refractivity contribution in [3.63, 3.8) is 0 Å². The molecule has 3 aliphatic carbocycles. The molecule has 0 radical (unpaired) electrons. The Morgan fingerprint density at radius 1 is 0.936 bits per heavy atom. The molecule has 7 rings (SSSR count). The highest BCUT2D eigenvalue weighted by Gasteiger charge is 2.63. The molecule has 1 saturated carbocycles. The number of amides is 2. The summed E-state index contributed by atoms with van der Waals surface area (Å²) in [5.41, 5.74) is 2.57. The monoisotopic (exact) mass is 625 g/mol. The van der Waals surface area contributed by atoms with E-state index in [1.807, 2.05) is 25.1 Å². The topological polar surface area (TPSA) is 109 Å². The number of phenols is 1. The molecule has 7 heteroatoms. The molecule has 6 atom stereocenters. The lowest BCUT2D eigenvalue weighted by molar-refractivity contribution is -0.141. The molecule has 2 amide bonds. The van der Waals surface area contributed by atoms with E-state index < -0.39 is 35.0 Å². The van der Waals surface area contributed by atoms with Crippen LogP contribution in [0, 0.1) is 29.1 Å². The summed E-state index contributed by atoms with van der Waals surface area (Å²) in [6.07, 6.45) is 6.03. The predicted octanol–water partition coefficient (Wildman–Crippen LogP) is 6.31. The van der Waals surface area contributed by atoms with Gasteiger partial charge >= 0.3 is 0 Å². The van der Waals surface area contributed by atoms with Crippen LogP contribution in [0.5, 0.6) is 5.75 Å². The number of Topliss-reactive ketones (excluding diaryl/α,β-unsaturated/α-hetero) is 1. The van der Waals surface area contributed by atoms with Gasteiger partial charge in [0.1, 0.15) is 5.75 Å².